The average molecular weight is 301 g/mol. The van der Waals surface area contributed by atoms with Gasteiger partial charge < -0.3 is 10.4 Å². The summed E-state index contributed by atoms with van der Waals surface area (Å²) in [5.74, 6) is -5.18. The van der Waals surface area contributed by atoms with E-state index in [4.69, 9.17) is 5.11 Å². The van der Waals surface area contributed by atoms with Gasteiger partial charge in [0, 0.05) is 18.7 Å². The molecule has 112 valence electrons. The number of halogens is 6. The molecular formula is C11H9F6NO2. The number of anilines is 1. The first-order valence-corrected chi connectivity index (χ1v) is 5.17. The molecule has 0 bridgehead atoms. The van der Waals surface area contributed by atoms with E-state index in [1.165, 1.54) is 0 Å². The first kappa shape index (κ1) is 16.1. The maximum Gasteiger partial charge on any atom is 0.404 e. The topological polar surface area (TPSA) is 49.3 Å². The Bertz CT molecular complexity index is 495. The largest absolute Gasteiger partial charge is 0.508 e. The number of nitrogens with one attached hydrogen (secondary N) is 1. The normalized spacial score (nSPS) is 12.6. The van der Waals surface area contributed by atoms with Crippen molar-refractivity contribution in [1.29, 1.82) is 0 Å². The van der Waals surface area contributed by atoms with Crippen LogP contribution in [-0.4, -0.2) is 23.4 Å². The van der Waals surface area contributed by atoms with E-state index in [-0.39, 0.29) is 0 Å². The molecule has 0 aromatic heterocycles. The minimum atomic E-state index is -5.58. The van der Waals surface area contributed by atoms with Gasteiger partial charge in [0.2, 0.25) is 5.91 Å². The minimum Gasteiger partial charge on any atom is -0.508 e. The van der Waals surface area contributed by atoms with Crippen LogP contribution in [0.4, 0.5) is 32.0 Å². The van der Waals surface area contributed by atoms with E-state index in [1.807, 2.05) is 5.32 Å². The number of amides is 1. The van der Waals surface area contributed by atoms with Gasteiger partial charge in [-0.25, -0.2) is 0 Å². The van der Waals surface area contributed by atoms with Crippen LogP contribution in [0.1, 0.15) is 18.4 Å². The predicted molar refractivity (Wildman–Crippen MR) is 57.3 cm³/mol. The van der Waals surface area contributed by atoms with Crippen LogP contribution in [0.5, 0.6) is 5.75 Å². The van der Waals surface area contributed by atoms with Gasteiger partial charge in [-0.2, -0.15) is 26.3 Å². The van der Waals surface area contributed by atoms with Crippen molar-refractivity contribution in [1.82, 2.24) is 0 Å². The molecule has 0 heterocycles. The number of phenols is 1. The first-order valence-electron chi connectivity index (χ1n) is 5.17. The molecule has 0 fully saturated rings. The summed E-state index contributed by atoms with van der Waals surface area (Å²) in [6, 6.07) is 1.79. The molecule has 0 aliphatic carbocycles. The zero-order valence-electron chi connectivity index (χ0n) is 9.93. The molecule has 2 N–H and O–H groups in total. The molecule has 0 atom stereocenters. The fourth-order valence-corrected chi connectivity index (χ4v) is 1.63. The van der Waals surface area contributed by atoms with E-state index in [0.717, 1.165) is 6.92 Å². The number of carbonyl (C=O) groups excluding carboxylic acids is 1. The summed E-state index contributed by atoms with van der Waals surface area (Å²) in [6.07, 6.45) is -11.2. The smallest absolute Gasteiger partial charge is 0.404 e. The molecular weight excluding hydrogens is 292 g/mol. The molecule has 0 radical (unpaired) electrons. The van der Waals surface area contributed by atoms with Crippen molar-refractivity contribution in [3.8, 4) is 5.75 Å². The molecule has 0 saturated carbocycles. The summed E-state index contributed by atoms with van der Waals surface area (Å²) in [5.41, 5.74) is -1.92. The number of hydrogen-bond acceptors (Lipinski definition) is 2. The van der Waals surface area contributed by atoms with Crippen molar-refractivity contribution >= 4 is 11.6 Å². The maximum atomic E-state index is 12.6. The van der Waals surface area contributed by atoms with E-state index >= 15 is 0 Å². The van der Waals surface area contributed by atoms with Crippen LogP contribution in [0, 0.1) is 0 Å². The Hall–Kier alpha value is -1.93. The van der Waals surface area contributed by atoms with Crippen molar-refractivity contribution in [2.24, 2.45) is 0 Å². The van der Waals surface area contributed by atoms with Gasteiger partial charge in [0.15, 0.2) is 5.92 Å². The fourth-order valence-electron chi connectivity index (χ4n) is 1.63. The highest BCUT2D eigenvalue weighted by atomic mass is 19.4. The van der Waals surface area contributed by atoms with Gasteiger partial charge in [-0.15, -0.1) is 0 Å². The zero-order valence-corrected chi connectivity index (χ0v) is 9.93. The lowest BCUT2D eigenvalue weighted by molar-refractivity contribution is -0.253. The van der Waals surface area contributed by atoms with Crippen LogP contribution < -0.4 is 5.32 Å². The zero-order chi connectivity index (χ0) is 15.7. The van der Waals surface area contributed by atoms with Gasteiger partial charge in [0.1, 0.15) is 5.75 Å². The summed E-state index contributed by atoms with van der Waals surface area (Å²) >= 11 is 0. The Morgan fingerprint density at radius 1 is 1.15 bits per heavy atom. The number of aromatic hydroxyl groups is 1. The number of carbonyl (C=O) groups is 1. The van der Waals surface area contributed by atoms with E-state index in [1.54, 1.807) is 0 Å². The summed E-state index contributed by atoms with van der Waals surface area (Å²) in [5, 5.41) is 11.0. The summed E-state index contributed by atoms with van der Waals surface area (Å²) < 4.78 is 75.7. The van der Waals surface area contributed by atoms with Gasteiger partial charge in [0.25, 0.3) is 0 Å². The Morgan fingerprint density at radius 3 is 2.05 bits per heavy atom. The quantitative estimate of drug-likeness (QED) is 0.821. The lowest BCUT2D eigenvalue weighted by Crippen LogP contribution is -2.34. The number of hydrogen-bond donors (Lipinski definition) is 2. The fraction of sp³-hybridized carbons (Fsp3) is 0.364. The highest BCUT2D eigenvalue weighted by Gasteiger charge is 2.58. The molecule has 0 spiro atoms. The number of phenolic OH excluding ortho intramolecular Hbond substituents is 1. The summed E-state index contributed by atoms with van der Waals surface area (Å²) in [7, 11) is 0. The highest BCUT2D eigenvalue weighted by Crippen LogP contribution is 2.48. The SMILES string of the molecule is CC(=O)Nc1cc(O)ccc1C(C(F)(F)F)C(F)(F)F. The molecule has 9 heteroatoms. The van der Waals surface area contributed by atoms with Crippen molar-refractivity contribution in [2.45, 2.75) is 25.2 Å². The van der Waals surface area contributed by atoms with Gasteiger partial charge in [0.05, 0.1) is 0 Å². The van der Waals surface area contributed by atoms with Crippen LogP contribution in [0.3, 0.4) is 0 Å². The van der Waals surface area contributed by atoms with Crippen LogP contribution in [0.15, 0.2) is 18.2 Å². The third-order valence-electron chi connectivity index (χ3n) is 2.31. The Kier molecular flexibility index (Phi) is 4.21. The molecule has 0 aliphatic rings. The van der Waals surface area contributed by atoms with Crippen molar-refractivity contribution < 1.29 is 36.2 Å². The number of rotatable bonds is 2. The van der Waals surface area contributed by atoms with Gasteiger partial charge in [-0.3, -0.25) is 4.79 Å². The Morgan fingerprint density at radius 2 is 1.65 bits per heavy atom. The molecule has 0 aliphatic heterocycles. The van der Waals surface area contributed by atoms with E-state index in [0.29, 0.717) is 18.2 Å². The highest BCUT2D eigenvalue weighted by molar-refractivity contribution is 5.90. The van der Waals surface area contributed by atoms with E-state index < -0.39 is 41.2 Å². The van der Waals surface area contributed by atoms with Gasteiger partial charge >= 0.3 is 12.4 Å². The average Bonchev–Trinajstić information content (AvgIpc) is 2.16. The third kappa shape index (κ3) is 3.78. The second-order valence-electron chi connectivity index (χ2n) is 3.97. The summed E-state index contributed by atoms with van der Waals surface area (Å²) in [6.45, 7) is 0.921. The molecule has 1 amide bonds. The molecule has 1 aromatic rings. The van der Waals surface area contributed by atoms with Crippen molar-refractivity contribution in [3.63, 3.8) is 0 Å². The second kappa shape index (κ2) is 5.22. The molecule has 0 saturated heterocycles. The Labute approximate surface area is 109 Å². The predicted octanol–water partition coefficient (Wildman–Crippen LogP) is 3.56. The van der Waals surface area contributed by atoms with E-state index in [2.05, 4.69) is 0 Å². The molecule has 20 heavy (non-hydrogen) atoms. The van der Waals surface area contributed by atoms with Crippen molar-refractivity contribution in [2.75, 3.05) is 5.32 Å². The van der Waals surface area contributed by atoms with Gasteiger partial charge in [-0.05, 0) is 11.6 Å². The number of benzene rings is 1. The van der Waals surface area contributed by atoms with Crippen LogP contribution in [-0.2, 0) is 4.79 Å². The third-order valence-corrected chi connectivity index (χ3v) is 2.31. The van der Waals surface area contributed by atoms with Crippen LogP contribution in [0.25, 0.3) is 0 Å². The summed E-state index contributed by atoms with van der Waals surface area (Å²) in [4.78, 5) is 10.8. The van der Waals surface area contributed by atoms with Crippen molar-refractivity contribution in [3.05, 3.63) is 23.8 Å². The molecule has 1 aromatic carbocycles. The Balaban J connectivity index is 3.44. The maximum absolute atomic E-state index is 12.6. The first-order chi connectivity index (χ1) is 8.93. The lowest BCUT2D eigenvalue weighted by atomic mass is 9.95. The standard InChI is InChI=1S/C11H9F6NO2/c1-5(19)18-8-4-6(20)2-3-7(8)9(10(12,13)14)11(15,16)17/h2-4,9,20H,1H3,(H,18,19). The van der Waals surface area contributed by atoms with Gasteiger partial charge in [-0.1, -0.05) is 6.07 Å². The van der Waals surface area contributed by atoms with Crippen LogP contribution >= 0.6 is 0 Å². The monoisotopic (exact) mass is 301 g/mol. The molecule has 3 nitrogen and oxygen atoms in total. The number of alkyl halides is 6. The minimum absolute atomic E-state index is 0.478. The molecule has 0 unspecified atom stereocenters. The van der Waals surface area contributed by atoms with E-state index in [9.17, 15) is 31.1 Å². The second-order valence-corrected chi connectivity index (χ2v) is 3.97. The van der Waals surface area contributed by atoms with Crippen LogP contribution in [0.2, 0.25) is 0 Å². The lowest BCUT2D eigenvalue weighted by Gasteiger charge is -2.25. The molecule has 1 rings (SSSR count).